The van der Waals surface area contributed by atoms with Gasteiger partial charge in [0.15, 0.2) is 0 Å². The zero-order valence-corrected chi connectivity index (χ0v) is 15.0. The Labute approximate surface area is 157 Å². The molecule has 4 aromatic rings. The maximum atomic E-state index is 12.5. The molecule has 5 heteroatoms. The molecule has 1 atom stereocenters. The summed E-state index contributed by atoms with van der Waals surface area (Å²) in [6, 6.07) is 22.9. The normalized spacial score (nSPS) is 12.0. The van der Waals surface area contributed by atoms with Crippen LogP contribution in [0.2, 0.25) is 0 Å². The van der Waals surface area contributed by atoms with Crippen LogP contribution in [-0.4, -0.2) is 15.7 Å². The highest BCUT2D eigenvalue weighted by molar-refractivity contribution is 6.05. The Morgan fingerprint density at radius 3 is 2.44 bits per heavy atom. The average molecular weight is 356 g/mol. The minimum Gasteiger partial charge on any atom is -0.397 e. The molecule has 0 bridgehead atoms. The number of nitrogen functional groups attached to an aromatic ring is 1. The maximum Gasteiger partial charge on any atom is 0.255 e. The number of benzene rings is 3. The highest BCUT2D eigenvalue weighted by Crippen LogP contribution is 2.22. The van der Waals surface area contributed by atoms with Gasteiger partial charge in [-0.25, -0.2) is 0 Å². The summed E-state index contributed by atoms with van der Waals surface area (Å²) < 4.78 is 1.95. The zero-order valence-electron chi connectivity index (χ0n) is 15.0. The Balaban J connectivity index is 1.52. The van der Waals surface area contributed by atoms with Crippen LogP contribution in [0.3, 0.4) is 0 Å². The van der Waals surface area contributed by atoms with E-state index >= 15 is 0 Å². The van der Waals surface area contributed by atoms with E-state index in [-0.39, 0.29) is 11.9 Å². The smallest absolute Gasteiger partial charge is 0.255 e. The van der Waals surface area contributed by atoms with Crippen LogP contribution in [0.5, 0.6) is 0 Å². The van der Waals surface area contributed by atoms with Crippen LogP contribution in [0.15, 0.2) is 79.0 Å². The second kappa shape index (κ2) is 6.96. The van der Waals surface area contributed by atoms with Crippen molar-refractivity contribution in [2.45, 2.75) is 13.0 Å². The first kappa shape index (κ1) is 16.8. The molecule has 1 heterocycles. The van der Waals surface area contributed by atoms with E-state index in [0.717, 1.165) is 16.5 Å². The van der Waals surface area contributed by atoms with E-state index in [4.69, 9.17) is 5.73 Å². The van der Waals surface area contributed by atoms with E-state index in [0.29, 0.717) is 16.9 Å². The summed E-state index contributed by atoms with van der Waals surface area (Å²) in [6.45, 7) is 2.09. The van der Waals surface area contributed by atoms with Crippen molar-refractivity contribution < 1.29 is 4.79 Å². The van der Waals surface area contributed by atoms with Gasteiger partial charge in [0.25, 0.3) is 5.91 Å². The second-order valence-electron chi connectivity index (χ2n) is 6.51. The largest absolute Gasteiger partial charge is 0.397 e. The van der Waals surface area contributed by atoms with Gasteiger partial charge in [-0.2, -0.15) is 5.10 Å². The third-order valence-corrected chi connectivity index (χ3v) is 4.69. The molecule has 0 saturated heterocycles. The fourth-order valence-electron chi connectivity index (χ4n) is 3.05. The molecular formula is C22H20N4O. The molecule has 0 fully saturated rings. The van der Waals surface area contributed by atoms with Gasteiger partial charge in [-0.1, -0.05) is 42.5 Å². The minimum atomic E-state index is -0.183. The quantitative estimate of drug-likeness (QED) is 0.530. The maximum absolute atomic E-state index is 12.5. The summed E-state index contributed by atoms with van der Waals surface area (Å²) in [5, 5.41) is 8.59. The van der Waals surface area contributed by atoms with Gasteiger partial charge in [-0.15, -0.1) is 0 Å². The van der Waals surface area contributed by atoms with E-state index in [9.17, 15) is 4.79 Å². The molecule has 0 saturated carbocycles. The second-order valence-corrected chi connectivity index (χ2v) is 6.51. The fourth-order valence-corrected chi connectivity index (χ4v) is 3.05. The number of hydrogen-bond acceptors (Lipinski definition) is 3. The van der Waals surface area contributed by atoms with Gasteiger partial charge in [-0.05, 0) is 42.8 Å². The lowest BCUT2D eigenvalue weighted by atomic mass is 10.1. The van der Waals surface area contributed by atoms with Crippen LogP contribution in [0.4, 0.5) is 11.4 Å². The average Bonchev–Trinajstić information content (AvgIpc) is 3.13. The van der Waals surface area contributed by atoms with E-state index in [2.05, 4.69) is 17.3 Å². The first-order chi connectivity index (χ1) is 13.1. The Kier molecular flexibility index (Phi) is 4.34. The van der Waals surface area contributed by atoms with Gasteiger partial charge in [0.1, 0.15) is 0 Å². The van der Waals surface area contributed by atoms with Crippen molar-refractivity contribution in [3.05, 3.63) is 90.1 Å². The first-order valence-corrected chi connectivity index (χ1v) is 8.81. The molecule has 3 aromatic carbocycles. The number of amides is 1. The summed E-state index contributed by atoms with van der Waals surface area (Å²) in [4.78, 5) is 12.5. The van der Waals surface area contributed by atoms with Crippen molar-refractivity contribution >= 4 is 28.2 Å². The van der Waals surface area contributed by atoms with Crippen molar-refractivity contribution in [1.82, 2.24) is 9.78 Å². The monoisotopic (exact) mass is 356 g/mol. The van der Waals surface area contributed by atoms with Crippen LogP contribution in [0.25, 0.3) is 10.9 Å². The Morgan fingerprint density at radius 2 is 1.70 bits per heavy atom. The molecule has 5 nitrogen and oxygen atoms in total. The van der Waals surface area contributed by atoms with Gasteiger partial charge in [0.05, 0.1) is 22.9 Å². The molecule has 0 aliphatic heterocycles. The highest BCUT2D eigenvalue weighted by Gasteiger charge is 2.12. The molecule has 1 amide bonds. The Bertz CT molecular complexity index is 1070. The third-order valence-electron chi connectivity index (χ3n) is 4.69. The van der Waals surface area contributed by atoms with Gasteiger partial charge in [-0.3, -0.25) is 9.48 Å². The van der Waals surface area contributed by atoms with E-state index in [1.54, 1.807) is 12.1 Å². The molecule has 3 N–H and O–H groups in total. The van der Waals surface area contributed by atoms with Crippen LogP contribution < -0.4 is 11.1 Å². The number of rotatable bonds is 4. The fraction of sp³-hybridized carbons (Fsp3) is 0.0909. The molecule has 0 spiro atoms. The molecule has 27 heavy (non-hydrogen) atoms. The number of carbonyl (C=O) groups excluding carboxylic acids is 1. The molecule has 0 aliphatic carbocycles. The Hall–Kier alpha value is -3.60. The summed E-state index contributed by atoms with van der Waals surface area (Å²) in [6.07, 6.45) is 2.04. The molecule has 134 valence electrons. The molecule has 0 unspecified atom stereocenters. The summed E-state index contributed by atoms with van der Waals surface area (Å²) >= 11 is 0. The molecule has 0 aliphatic rings. The molecular weight excluding hydrogens is 336 g/mol. The first-order valence-electron chi connectivity index (χ1n) is 8.81. The van der Waals surface area contributed by atoms with Gasteiger partial charge < -0.3 is 11.1 Å². The topological polar surface area (TPSA) is 72.9 Å². The van der Waals surface area contributed by atoms with E-state index < -0.39 is 0 Å². The number of fused-ring (bicyclic) bond motifs is 1. The molecule has 4 rings (SSSR count). The third kappa shape index (κ3) is 3.40. The number of carbonyl (C=O) groups is 1. The highest BCUT2D eigenvalue weighted by atomic mass is 16.1. The van der Waals surface area contributed by atoms with Crippen LogP contribution in [0, 0.1) is 0 Å². The number of nitrogens with two attached hydrogens (primary N) is 1. The van der Waals surface area contributed by atoms with Gasteiger partial charge >= 0.3 is 0 Å². The molecule has 0 radical (unpaired) electrons. The van der Waals surface area contributed by atoms with Crippen LogP contribution >= 0.6 is 0 Å². The van der Waals surface area contributed by atoms with Gasteiger partial charge in [0.2, 0.25) is 0 Å². The lowest BCUT2D eigenvalue weighted by Crippen LogP contribution is -2.13. The number of aromatic nitrogens is 2. The van der Waals surface area contributed by atoms with Crippen molar-refractivity contribution in [2.75, 3.05) is 11.1 Å². The summed E-state index contributed by atoms with van der Waals surface area (Å²) in [5.41, 5.74) is 9.68. The SMILES string of the molecule is C[C@H](c1ccc(C(=O)Nc2ccccc2N)cc1)n1cc2ccccc2n1. The summed E-state index contributed by atoms with van der Waals surface area (Å²) in [7, 11) is 0. The van der Waals surface area contributed by atoms with Crippen molar-refractivity contribution in [3.63, 3.8) is 0 Å². The number of hydrogen-bond donors (Lipinski definition) is 2. The number of nitrogens with one attached hydrogen (secondary N) is 1. The Morgan fingerprint density at radius 1 is 1.00 bits per heavy atom. The zero-order chi connectivity index (χ0) is 18.8. The van der Waals surface area contributed by atoms with E-state index in [1.807, 2.05) is 71.5 Å². The van der Waals surface area contributed by atoms with Crippen LogP contribution in [-0.2, 0) is 0 Å². The standard InChI is InChI=1S/C22H20N4O/c1-15(26-14-18-6-2-4-8-20(18)25-26)16-10-12-17(13-11-16)22(27)24-21-9-5-3-7-19(21)23/h2-15H,23H2,1H3,(H,24,27)/t15-/m1/s1. The summed E-state index contributed by atoms with van der Waals surface area (Å²) in [5.74, 6) is -0.183. The van der Waals surface area contributed by atoms with Crippen LogP contribution in [0.1, 0.15) is 28.9 Å². The van der Waals surface area contributed by atoms with Crippen molar-refractivity contribution in [2.24, 2.45) is 0 Å². The minimum absolute atomic E-state index is 0.0688. The number of anilines is 2. The molecule has 1 aromatic heterocycles. The predicted octanol–water partition coefficient (Wildman–Crippen LogP) is 4.48. The van der Waals surface area contributed by atoms with Crippen molar-refractivity contribution in [3.8, 4) is 0 Å². The predicted molar refractivity (Wildman–Crippen MR) is 109 cm³/mol. The number of nitrogens with zero attached hydrogens (tertiary/aromatic N) is 2. The number of para-hydroxylation sites is 2. The van der Waals surface area contributed by atoms with Gasteiger partial charge in [0, 0.05) is 17.1 Å². The van der Waals surface area contributed by atoms with E-state index in [1.165, 1.54) is 0 Å². The van der Waals surface area contributed by atoms with Crippen molar-refractivity contribution in [1.29, 1.82) is 0 Å². The lowest BCUT2D eigenvalue weighted by molar-refractivity contribution is 0.102. The lowest BCUT2D eigenvalue weighted by Gasteiger charge is -2.13.